The lowest BCUT2D eigenvalue weighted by atomic mass is 10.0. The number of nitrogen functional groups attached to an aromatic ring is 1. The Morgan fingerprint density at radius 2 is 1.94 bits per heavy atom. The van der Waals surface area contributed by atoms with E-state index in [1.54, 1.807) is 6.20 Å². The lowest BCUT2D eigenvalue weighted by molar-refractivity contribution is 0.810. The van der Waals surface area contributed by atoms with Crippen molar-refractivity contribution < 1.29 is 0 Å². The molecule has 17 heavy (non-hydrogen) atoms. The van der Waals surface area contributed by atoms with Crippen molar-refractivity contribution in [3.8, 4) is 0 Å². The SMILES string of the molecule is Nc1cc2c(cn1)CCCc1cnccc1N2. The second-order valence-corrected chi connectivity index (χ2v) is 4.28. The molecule has 4 heteroatoms. The summed E-state index contributed by atoms with van der Waals surface area (Å²) in [7, 11) is 0. The number of rotatable bonds is 0. The predicted molar refractivity (Wildman–Crippen MR) is 68.2 cm³/mol. The molecule has 1 aliphatic heterocycles. The fourth-order valence-electron chi connectivity index (χ4n) is 2.18. The number of aryl methyl sites for hydroxylation is 2. The first-order valence-electron chi connectivity index (χ1n) is 5.77. The molecule has 0 saturated carbocycles. The third-order valence-corrected chi connectivity index (χ3v) is 3.07. The summed E-state index contributed by atoms with van der Waals surface area (Å²) >= 11 is 0. The van der Waals surface area contributed by atoms with E-state index >= 15 is 0 Å². The average molecular weight is 226 g/mol. The highest BCUT2D eigenvalue weighted by molar-refractivity contribution is 5.68. The van der Waals surface area contributed by atoms with E-state index in [0.717, 1.165) is 30.6 Å². The quantitative estimate of drug-likeness (QED) is 0.723. The first-order chi connectivity index (χ1) is 8.33. The molecule has 0 saturated heterocycles. The molecule has 0 atom stereocenters. The zero-order chi connectivity index (χ0) is 11.7. The number of hydrogen-bond acceptors (Lipinski definition) is 4. The smallest absolute Gasteiger partial charge is 0.125 e. The topological polar surface area (TPSA) is 63.8 Å². The van der Waals surface area contributed by atoms with Crippen molar-refractivity contribution in [1.29, 1.82) is 0 Å². The Bertz CT molecular complexity index is 551. The average Bonchev–Trinajstić information content (AvgIpc) is 2.31. The summed E-state index contributed by atoms with van der Waals surface area (Å²) in [4.78, 5) is 8.31. The molecule has 3 N–H and O–H groups in total. The summed E-state index contributed by atoms with van der Waals surface area (Å²) in [6.45, 7) is 0. The van der Waals surface area contributed by atoms with Crippen LogP contribution in [0.25, 0.3) is 0 Å². The molecule has 0 spiro atoms. The maximum atomic E-state index is 5.73. The Morgan fingerprint density at radius 3 is 2.82 bits per heavy atom. The maximum absolute atomic E-state index is 5.73. The molecule has 0 amide bonds. The van der Waals surface area contributed by atoms with Gasteiger partial charge >= 0.3 is 0 Å². The lowest BCUT2D eigenvalue weighted by Crippen LogP contribution is -2.06. The molecule has 86 valence electrons. The van der Waals surface area contributed by atoms with Gasteiger partial charge < -0.3 is 11.1 Å². The first-order valence-corrected chi connectivity index (χ1v) is 5.77. The van der Waals surface area contributed by atoms with Crippen LogP contribution in [0.15, 0.2) is 30.7 Å². The van der Waals surface area contributed by atoms with E-state index in [4.69, 9.17) is 5.73 Å². The molecule has 2 aromatic rings. The van der Waals surface area contributed by atoms with E-state index in [-0.39, 0.29) is 0 Å². The fraction of sp³-hybridized carbons (Fsp3) is 0.231. The molecule has 2 aromatic heterocycles. The largest absolute Gasteiger partial charge is 0.384 e. The number of pyridine rings is 2. The summed E-state index contributed by atoms with van der Waals surface area (Å²) in [6, 6.07) is 3.89. The van der Waals surface area contributed by atoms with Crippen molar-refractivity contribution in [2.24, 2.45) is 0 Å². The number of fused-ring (bicyclic) bond motifs is 2. The van der Waals surface area contributed by atoms with Gasteiger partial charge in [-0.15, -0.1) is 0 Å². The monoisotopic (exact) mass is 226 g/mol. The van der Waals surface area contributed by atoms with E-state index in [9.17, 15) is 0 Å². The van der Waals surface area contributed by atoms with E-state index in [0.29, 0.717) is 5.82 Å². The Labute approximate surface area is 99.9 Å². The van der Waals surface area contributed by atoms with Crippen LogP contribution in [0.2, 0.25) is 0 Å². The van der Waals surface area contributed by atoms with E-state index < -0.39 is 0 Å². The van der Waals surface area contributed by atoms with Crippen LogP contribution in [0.3, 0.4) is 0 Å². The third-order valence-electron chi connectivity index (χ3n) is 3.07. The zero-order valence-electron chi connectivity index (χ0n) is 9.48. The normalized spacial score (nSPS) is 13.9. The minimum atomic E-state index is 0.549. The summed E-state index contributed by atoms with van der Waals surface area (Å²) in [5.41, 5.74) is 10.4. The molecular weight excluding hydrogens is 212 g/mol. The van der Waals surface area contributed by atoms with E-state index in [1.165, 1.54) is 11.1 Å². The molecule has 0 unspecified atom stereocenters. The molecule has 0 aliphatic carbocycles. The highest BCUT2D eigenvalue weighted by Crippen LogP contribution is 2.28. The molecule has 3 heterocycles. The van der Waals surface area contributed by atoms with Gasteiger partial charge in [0.2, 0.25) is 0 Å². The number of aromatic nitrogens is 2. The lowest BCUT2D eigenvalue weighted by Gasteiger charge is -2.18. The van der Waals surface area contributed by atoms with E-state index in [1.807, 2.05) is 24.5 Å². The van der Waals surface area contributed by atoms with Crippen molar-refractivity contribution in [3.63, 3.8) is 0 Å². The number of nitrogens with zero attached hydrogens (tertiary/aromatic N) is 2. The number of hydrogen-bond donors (Lipinski definition) is 2. The standard InChI is InChI=1S/C13H14N4/c14-13-6-12-10(8-16-13)3-1-2-9-7-15-5-4-11(9)17-12/h4-8,17H,1-3H2,(H2,14,16). The molecular formula is C13H14N4. The van der Waals surface area contributed by atoms with Gasteiger partial charge in [0.25, 0.3) is 0 Å². The second kappa shape index (κ2) is 4.05. The van der Waals surface area contributed by atoms with Gasteiger partial charge in [-0.3, -0.25) is 4.98 Å². The Hall–Kier alpha value is -2.10. The van der Waals surface area contributed by atoms with Crippen molar-refractivity contribution in [1.82, 2.24) is 9.97 Å². The van der Waals surface area contributed by atoms with Crippen LogP contribution < -0.4 is 11.1 Å². The zero-order valence-corrected chi connectivity index (χ0v) is 9.48. The van der Waals surface area contributed by atoms with Crippen LogP contribution in [0.1, 0.15) is 17.5 Å². The Morgan fingerprint density at radius 1 is 1.12 bits per heavy atom. The Balaban J connectivity index is 2.07. The minimum absolute atomic E-state index is 0.549. The number of anilines is 3. The van der Waals surface area contributed by atoms with Crippen LogP contribution in [0.4, 0.5) is 17.2 Å². The minimum Gasteiger partial charge on any atom is -0.384 e. The fourth-order valence-corrected chi connectivity index (χ4v) is 2.18. The molecule has 3 rings (SSSR count). The highest BCUT2D eigenvalue weighted by Gasteiger charge is 2.11. The molecule has 4 nitrogen and oxygen atoms in total. The second-order valence-electron chi connectivity index (χ2n) is 4.28. The van der Waals surface area contributed by atoms with Gasteiger partial charge in [0, 0.05) is 36.0 Å². The molecule has 0 fully saturated rings. The summed E-state index contributed by atoms with van der Waals surface area (Å²) < 4.78 is 0. The Kier molecular flexibility index (Phi) is 2.40. The molecule has 1 aliphatic rings. The molecule has 0 aromatic carbocycles. The van der Waals surface area contributed by atoms with Gasteiger partial charge in [0.1, 0.15) is 5.82 Å². The van der Waals surface area contributed by atoms with Crippen LogP contribution in [-0.2, 0) is 12.8 Å². The van der Waals surface area contributed by atoms with Gasteiger partial charge in [0.15, 0.2) is 0 Å². The van der Waals surface area contributed by atoms with Crippen molar-refractivity contribution in [2.45, 2.75) is 19.3 Å². The van der Waals surface area contributed by atoms with Crippen LogP contribution in [0, 0.1) is 0 Å². The van der Waals surface area contributed by atoms with Crippen molar-refractivity contribution in [2.75, 3.05) is 11.1 Å². The maximum Gasteiger partial charge on any atom is 0.125 e. The van der Waals surface area contributed by atoms with Crippen LogP contribution in [-0.4, -0.2) is 9.97 Å². The number of nitrogens with two attached hydrogens (primary N) is 1. The first kappa shape index (κ1) is 10.1. The highest BCUT2D eigenvalue weighted by atomic mass is 14.9. The van der Waals surface area contributed by atoms with Crippen LogP contribution >= 0.6 is 0 Å². The predicted octanol–water partition coefficient (Wildman–Crippen LogP) is 2.29. The van der Waals surface area contributed by atoms with Crippen molar-refractivity contribution in [3.05, 3.63) is 41.9 Å². The molecule has 0 bridgehead atoms. The third kappa shape index (κ3) is 1.93. The summed E-state index contributed by atoms with van der Waals surface area (Å²) in [5, 5.41) is 3.42. The summed E-state index contributed by atoms with van der Waals surface area (Å²) in [6.07, 6.45) is 8.77. The molecule has 0 radical (unpaired) electrons. The van der Waals surface area contributed by atoms with Gasteiger partial charge in [-0.25, -0.2) is 4.98 Å². The van der Waals surface area contributed by atoms with Crippen molar-refractivity contribution >= 4 is 17.2 Å². The van der Waals surface area contributed by atoms with Gasteiger partial charge in [-0.1, -0.05) is 0 Å². The number of nitrogens with one attached hydrogen (secondary N) is 1. The van der Waals surface area contributed by atoms with Crippen LogP contribution in [0.5, 0.6) is 0 Å². The van der Waals surface area contributed by atoms with Gasteiger partial charge in [-0.05, 0) is 36.5 Å². The summed E-state index contributed by atoms with van der Waals surface area (Å²) in [5.74, 6) is 0.549. The van der Waals surface area contributed by atoms with Gasteiger partial charge in [-0.2, -0.15) is 0 Å². The van der Waals surface area contributed by atoms with Gasteiger partial charge in [0.05, 0.1) is 0 Å². The van der Waals surface area contributed by atoms with E-state index in [2.05, 4.69) is 15.3 Å².